The molecule has 1 N–H and O–H groups in total. The summed E-state index contributed by atoms with van der Waals surface area (Å²) >= 11 is 0. The van der Waals surface area contributed by atoms with Crippen LogP contribution in [0.2, 0.25) is 0 Å². The number of hydrogen-bond acceptors (Lipinski definition) is 2. The van der Waals surface area contributed by atoms with Crippen molar-refractivity contribution < 1.29 is 9.18 Å². The molecule has 1 fully saturated rings. The predicted molar refractivity (Wildman–Crippen MR) is 120 cm³/mol. The van der Waals surface area contributed by atoms with Crippen molar-refractivity contribution >= 4 is 5.91 Å². The SMILES string of the molecule is CCCC(CC1CC1CCC(=O)NCCCCc1cccnc1)c1cccc(F)c1. The maximum Gasteiger partial charge on any atom is 0.220 e. The summed E-state index contributed by atoms with van der Waals surface area (Å²) in [5.74, 6) is 1.83. The lowest BCUT2D eigenvalue weighted by molar-refractivity contribution is -0.121. The third-order valence-electron chi connectivity index (χ3n) is 6.29. The van der Waals surface area contributed by atoms with Crippen LogP contribution in [0.25, 0.3) is 0 Å². The van der Waals surface area contributed by atoms with Crippen molar-refractivity contribution in [1.29, 1.82) is 0 Å². The van der Waals surface area contributed by atoms with Crippen molar-refractivity contribution in [1.82, 2.24) is 10.3 Å². The summed E-state index contributed by atoms with van der Waals surface area (Å²) in [5, 5.41) is 3.06. The van der Waals surface area contributed by atoms with Gasteiger partial charge in [0.15, 0.2) is 0 Å². The van der Waals surface area contributed by atoms with Crippen molar-refractivity contribution in [3.05, 3.63) is 65.7 Å². The van der Waals surface area contributed by atoms with Crippen molar-refractivity contribution in [2.24, 2.45) is 11.8 Å². The zero-order valence-electron chi connectivity index (χ0n) is 18.2. The molecule has 0 aliphatic heterocycles. The van der Waals surface area contributed by atoms with Crippen LogP contribution in [0.4, 0.5) is 4.39 Å². The molecule has 3 atom stereocenters. The molecule has 162 valence electrons. The molecule has 1 amide bonds. The smallest absolute Gasteiger partial charge is 0.220 e. The topological polar surface area (TPSA) is 42.0 Å². The summed E-state index contributed by atoms with van der Waals surface area (Å²) in [7, 11) is 0. The fourth-order valence-electron chi connectivity index (χ4n) is 4.48. The molecule has 0 radical (unpaired) electrons. The number of aryl methyl sites for hydroxylation is 1. The normalized spacial score (nSPS) is 18.7. The van der Waals surface area contributed by atoms with Crippen molar-refractivity contribution in [2.45, 2.75) is 70.6 Å². The first-order chi connectivity index (χ1) is 14.7. The summed E-state index contributed by atoms with van der Waals surface area (Å²) < 4.78 is 13.6. The van der Waals surface area contributed by atoms with Crippen LogP contribution in [0.3, 0.4) is 0 Å². The van der Waals surface area contributed by atoms with E-state index in [1.807, 2.05) is 18.3 Å². The van der Waals surface area contributed by atoms with Crippen LogP contribution in [0.5, 0.6) is 0 Å². The van der Waals surface area contributed by atoms with E-state index in [4.69, 9.17) is 0 Å². The summed E-state index contributed by atoms with van der Waals surface area (Å²) in [6.45, 7) is 2.95. The molecule has 1 heterocycles. The highest BCUT2D eigenvalue weighted by molar-refractivity contribution is 5.75. The number of unbranched alkanes of at least 4 members (excludes halogenated alkanes) is 1. The number of aromatic nitrogens is 1. The fourth-order valence-corrected chi connectivity index (χ4v) is 4.48. The van der Waals surface area contributed by atoms with Crippen LogP contribution >= 0.6 is 0 Å². The zero-order valence-corrected chi connectivity index (χ0v) is 18.2. The Balaban J connectivity index is 1.29. The molecule has 3 nitrogen and oxygen atoms in total. The highest BCUT2D eigenvalue weighted by Crippen LogP contribution is 2.48. The van der Waals surface area contributed by atoms with E-state index in [0.717, 1.165) is 57.1 Å². The van der Waals surface area contributed by atoms with E-state index in [-0.39, 0.29) is 11.7 Å². The molecule has 1 aromatic heterocycles. The van der Waals surface area contributed by atoms with Crippen LogP contribution in [0.1, 0.15) is 75.3 Å². The average molecular weight is 411 g/mol. The zero-order chi connectivity index (χ0) is 21.2. The molecule has 1 aliphatic carbocycles. The Kier molecular flexibility index (Phi) is 8.85. The van der Waals surface area contributed by atoms with Gasteiger partial charge in [0.05, 0.1) is 0 Å². The number of rotatable bonds is 13. The molecule has 3 rings (SSSR count). The number of carbonyl (C=O) groups is 1. The molecule has 2 aromatic rings. The third kappa shape index (κ3) is 7.55. The van der Waals surface area contributed by atoms with Gasteiger partial charge in [-0.15, -0.1) is 0 Å². The molecule has 0 spiro atoms. The van der Waals surface area contributed by atoms with E-state index >= 15 is 0 Å². The molecular formula is C26H35FN2O. The molecule has 30 heavy (non-hydrogen) atoms. The van der Waals surface area contributed by atoms with Crippen molar-refractivity contribution in [3.8, 4) is 0 Å². The molecule has 0 bridgehead atoms. The highest BCUT2D eigenvalue weighted by atomic mass is 19.1. The minimum atomic E-state index is -0.141. The summed E-state index contributed by atoms with van der Waals surface area (Å²) in [4.78, 5) is 16.3. The quantitative estimate of drug-likeness (QED) is 0.408. The van der Waals surface area contributed by atoms with Gasteiger partial charge in [-0.25, -0.2) is 4.39 Å². The monoisotopic (exact) mass is 410 g/mol. The van der Waals surface area contributed by atoms with Gasteiger partial charge in [-0.3, -0.25) is 9.78 Å². The van der Waals surface area contributed by atoms with Crippen LogP contribution in [0.15, 0.2) is 48.8 Å². The average Bonchev–Trinajstić information content (AvgIpc) is 3.50. The van der Waals surface area contributed by atoms with Crippen LogP contribution < -0.4 is 5.32 Å². The number of nitrogens with one attached hydrogen (secondary N) is 1. The van der Waals surface area contributed by atoms with E-state index in [1.54, 1.807) is 12.3 Å². The molecule has 4 heteroatoms. The number of amides is 1. The molecule has 1 saturated carbocycles. The predicted octanol–water partition coefficient (Wildman–Crippen LogP) is 6.05. The van der Waals surface area contributed by atoms with E-state index in [2.05, 4.69) is 29.4 Å². The Labute approximate surface area is 180 Å². The number of carbonyl (C=O) groups excluding carboxylic acids is 1. The van der Waals surface area contributed by atoms with Gasteiger partial charge in [-0.2, -0.15) is 0 Å². The van der Waals surface area contributed by atoms with Crippen molar-refractivity contribution in [2.75, 3.05) is 6.54 Å². The Morgan fingerprint density at radius 1 is 1.23 bits per heavy atom. The Morgan fingerprint density at radius 3 is 2.90 bits per heavy atom. The van der Waals surface area contributed by atoms with Gasteiger partial charge in [0, 0.05) is 25.4 Å². The lowest BCUT2D eigenvalue weighted by Crippen LogP contribution is -2.24. The summed E-state index contributed by atoms with van der Waals surface area (Å²) in [5.41, 5.74) is 2.38. The van der Waals surface area contributed by atoms with Crippen molar-refractivity contribution in [3.63, 3.8) is 0 Å². The highest BCUT2D eigenvalue weighted by Gasteiger charge is 2.38. The van der Waals surface area contributed by atoms with E-state index in [0.29, 0.717) is 24.2 Å². The standard InChI is InChI=1S/C26H35FN2O/c1-2-7-21(22-10-5-11-25(27)18-22)16-24-17-23(24)12-13-26(30)29-15-4-3-8-20-9-6-14-28-19-20/h5-6,9-11,14,18-19,21,23-24H,2-4,7-8,12-13,15-17H2,1H3,(H,29,30). The first-order valence-electron chi connectivity index (χ1n) is 11.6. The van der Waals surface area contributed by atoms with Gasteiger partial charge in [0.25, 0.3) is 0 Å². The van der Waals surface area contributed by atoms with Gasteiger partial charge in [0.2, 0.25) is 5.91 Å². The third-order valence-corrected chi connectivity index (χ3v) is 6.29. The largest absolute Gasteiger partial charge is 0.356 e. The number of hydrogen-bond donors (Lipinski definition) is 1. The molecule has 1 aliphatic rings. The molecule has 3 unspecified atom stereocenters. The second kappa shape index (κ2) is 11.8. The van der Waals surface area contributed by atoms with Crippen LogP contribution in [0, 0.1) is 17.7 Å². The lowest BCUT2D eigenvalue weighted by Gasteiger charge is -2.17. The second-order valence-corrected chi connectivity index (χ2v) is 8.74. The first kappa shape index (κ1) is 22.5. The molecular weight excluding hydrogens is 375 g/mol. The Bertz CT molecular complexity index is 780. The second-order valence-electron chi connectivity index (χ2n) is 8.74. The summed E-state index contributed by atoms with van der Waals surface area (Å²) in [6.07, 6.45) is 12.9. The lowest BCUT2D eigenvalue weighted by atomic mass is 9.89. The van der Waals surface area contributed by atoms with E-state index in [1.165, 1.54) is 18.1 Å². The number of pyridine rings is 1. The fraction of sp³-hybridized carbons (Fsp3) is 0.538. The van der Waals surface area contributed by atoms with E-state index < -0.39 is 0 Å². The van der Waals surface area contributed by atoms with E-state index in [9.17, 15) is 9.18 Å². The van der Waals surface area contributed by atoms with Crippen LogP contribution in [-0.2, 0) is 11.2 Å². The minimum absolute atomic E-state index is 0.141. The van der Waals surface area contributed by atoms with Gasteiger partial charge in [-0.05, 0) is 92.0 Å². The maximum atomic E-state index is 13.6. The van der Waals surface area contributed by atoms with Gasteiger partial charge in [0.1, 0.15) is 5.82 Å². The van der Waals surface area contributed by atoms with Gasteiger partial charge < -0.3 is 5.32 Å². The number of halogens is 1. The number of nitrogens with zero attached hydrogens (tertiary/aromatic N) is 1. The summed E-state index contributed by atoms with van der Waals surface area (Å²) in [6, 6.07) is 11.1. The Hall–Kier alpha value is -2.23. The number of benzene rings is 1. The van der Waals surface area contributed by atoms with Crippen LogP contribution in [-0.4, -0.2) is 17.4 Å². The Morgan fingerprint density at radius 2 is 2.13 bits per heavy atom. The molecule has 1 aromatic carbocycles. The minimum Gasteiger partial charge on any atom is -0.356 e. The van der Waals surface area contributed by atoms with Gasteiger partial charge in [-0.1, -0.05) is 31.5 Å². The maximum absolute atomic E-state index is 13.6. The van der Waals surface area contributed by atoms with Gasteiger partial charge >= 0.3 is 0 Å². The first-order valence-corrected chi connectivity index (χ1v) is 11.6. The molecule has 0 saturated heterocycles.